The molecule has 0 atom stereocenters. The van der Waals surface area contributed by atoms with Gasteiger partial charge in [-0.15, -0.1) is 0 Å². The Morgan fingerprint density at radius 3 is 2.50 bits per heavy atom. The number of hydrogen-bond donors (Lipinski definition) is 1. The number of rotatable bonds is 4. The fraction of sp³-hybridized carbons (Fsp3) is 0.286. The highest BCUT2D eigenvalue weighted by Crippen LogP contribution is 2.34. The maximum atomic E-state index is 13.0. The van der Waals surface area contributed by atoms with E-state index in [4.69, 9.17) is 5.21 Å². The van der Waals surface area contributed by atoms with Gasteiger partial charge in [-0.25, -0.2) is 8.42 Å². The van der Waals surface area contributed by atoms with E-state index in [9.17, 15) is 21.6 Å². The molecule has 0 aliphatic heterocycles. The normalized spacial score (nSPS) is 12.9. The molecule has 1 aromatic heterocycles. The highest BCUT2D eigenvalue weighted by molar-refractivity contribution is 7.90. The molecule has 0 unspecified atom stereocenters. The van der Waals surface area contributed by atoms with Crippen molar-refractivity contribution in [3.05, 3.63) is 46.6 Å². The molecule has 2 rings (SSSR count). The Bertz CT molecular complexity index is 886. The van der Waals surface area contributed by atoms with Crippen LogP contribution in [0.25, 0.3) is 0 Å². The van der Waals surface area contributed by atoms with E-state index < -0.39 is 38.0 Å². The third kappa shape index (κ3) is 3.42. The van der Waals surface area contributed by atoms with E-state index in [1.165, 1.54) is 0 Å². The highest BCUT2D eigenvalue weighted by Gasteiger charge is 2.41. The van der Waals surface area contributed by atoms with Gasteiger partial charge in [0.25, 0.3) is 0 Å². The van der Waals surface area contributed by atoms with Crippen molar-refractivity contribution in [1.82, 2.24) is 9.78 Å². The second kappa shape index (κ2) is 6.27. The molecular formula is C14H14F3N3O3S. The fourth-order valence-corrected chi connectivity index (χ4v) is 4.12. The van der Waals surface area contributed by atoms with Crippen LogP contribution in [0.1, 0.15) is 22.4 Å². The number of aryl methyl sites for hydroxylation is 2. The van der Waals surface area contributed by atoms with E-state index in [1.54, 1.807) is 31.2 Å². The number of sulfone groups is 1. The monoisotopic (exact) mass is 361 g/mol. The van der Waals surface area contributed by atoms with Gasteiger partial charge in [-0.2, -0.15) is 18.3 Å². The quantitative estimate of drug-likeness (QED) is 0.515. The lowest BCUT2D eigenvalue weighted by atomic mass is 10.1. The average molecular weight is 361 g/mol. The summed E-state index contributed by atoms with van der Waals surface area (Å²) in [7, 11) is -3.07. The number of aromatic nitrogens is 2. The van der Waals surface area contributed by atoms with E-state index in [-0.39, 0.29) is 0 Å². The fourth-order valence-electron chi connectivity index (χ4n) is 2.32. The van der Waals surface area contributed by atoms with Gasteiger partial charge < -0.3 is 5.21 Å². The molecule has 1 N–H and O–H groups in total. The van der Waals surface area contributed by atoms with Crippen molar-refractivity contribution >= 4 is 16.1 Å². The summed E-state index contributed by atoms with van der Waals surface area (Å²) in [6, 6.07) is 6.64. The van der Waals surface area contributed by atoms with E-state index >= 15 is 0 Å². The van der Waals surface area contributed by atoms with Crippen LogP contribution in [0.15, 0.2) is 34.4 Å². The molecule has 0 fully saturated rings. The maximum Gasteiger partial charge on any atom is 0.435 e. The van der Waals surface area contributed by atoms with Gasteiger partial charge in [0.1, 0.15) is 0 Å². The van der Waals surface area contributed by atoms with Crippen LogP contribution < -0.4 is 0 Å². The third-order valence-corrected chi connectivity index (χ3v) is 5.15. The molecule has 10 heteroatoms. The van der Waals surface area contributed by atoms with Gasteiger partial charge in [0.05, 0.1) is 17.5 Å². The smallest absolute Gasteiger partial charge is 0.411 e. The van der Waals surface area contributed by atoms with E-state index in [0.29, 0.717) is 22.0 Å². The van der Waals surface area contributed by atoms with Crippen molar-refractivity contribution in [2.24, 2.45) is 12.2 Å². The SMILES string of the molecule is Cc1ccccc1CS(=O)(=O)c1c(/C=N/O)c(C(F)(F)F)nn1C. The summed E-state index contributed by atoms with van der Waals surface area (Å²) in [4.78, 5) is 0. The number of oxime groups is 1. The van der Waals surface area contributed by atoms with Crippen molar-refractivity contribution < 1.29 is 26.8 Å². The molecule has 0 spiro atoms. The Morgan fingerprint density at radius 1 is 1.33 bits per heavy atom. The van der Waals surface area contributed by atoms with Gasteiger partial charge in [0, 0.05) is 7.05 Å². The molecule has 0 saturated heterocycles. The summed E-state index contributed by atoms with van der Waals surface area (Å²) >= 11 is 0. The minimum absolute atomic E-state index is 0.431. The van der Waals surface area contributed by atoms with Gasteiger partial charge in [-0.05, 0) is 18.1 Å². The van der Waals surface area contributed by atoms with Crippen LogP contribution in [0.2, 0.25) is 0 Å². The second-order valence-corrected chi connectivity index (χ2v) is 7.02. The zero-order valence-corrected chi connectivity index (χ0v) is 13.6. The van der Waals surface area contributed by atoms with Crippen LogP contribution >= 0.6 is 0 Å². The first-order valence-corrected chi connectivity index (χ1v) is 8.32. The lowest BCUT2D eigenvalue weighted by Crippen LogP contribution is -2.13. The largest absolute Gasteiger partial charge is 0.435 e. The molecule has 130 valence electrons. The Hall–Kier alpha value is -2.36. The van der Waals surface area contributed by atoms with Crippen molar-refractivity contribution in [2.75, 3.05) is 0 Å². The van der Waals surface area contributed by atoms with Crippen molar-refractivity contribution in [3.8, 4) is 0 Å². The Morgan fingerprint density at radius 2 is 1.96 bits per heavy atom. The first kappa shape index (κ1) is 18.0. The standard InChI is InChI=1S/C14H14F3N3O3S/c1-9-5-3-4-6-10(9)8-24(22,23)13-11(7-18-21)12(14(15,16)17)19-20(13)2/h3-7,21H,8H2,1-2H3/b18-7+. The van der Waals surface area contributed by atoms with Crippen LogP contribution in [-0.4, -0.2) is 29.6 Å². The zero-order valence-electron chi connectivity index (χ0n) is 12.7. The lowest BCUT2D eigenvalue weighted by molar-refractivity contribution is -0.141. The second-order valence-electron chi connectivity index (χ2n) is 5.12. The summed E-state index contributed by atoms with van der Waals surface area (Å²) in [6.45, 7) is 1.70. The summed E-state index contributed by atoms with van der Waals surface area (Å²) < 4.78 is 65.0. The molecule has 0 amide bonds. The average Bonchev–Trinajstić information content (AvgIpc) is 2.79. The number of alkyl halides is 3. The molecule has 1 aromatic carbocycles. The molecule has 0 saturated carbocycles. The van der Waals surface area contributed by atoms with Crippen LogP contribution in [0.4, 0.5) is 13.2 Å². The molecule has 1 heterocycles. The first-order chi connectivity index (χ1) is 11.1. The predicted molar refractivity (Wildman–Crippen MR) is 79.7 cm³/mol. The number of benzene rings is 1. The van der Waals surface area contributed by atoms with Gasteiger partial charge in [0.2, 0.25) is 0 Å². The van der Waals surface area contributed by atoms with E-state index in [2.05, 4.69) is 10.3 Å². The number of hydrogen-bond acceptors (Lipinski definition) is 5. The van der Waals surface area contributed by atoms with Crippen LogP contribution in [0.5, 0.6) is 0 Å². The molecule has 2 aromatic rings. The topological polar surface area (TPSA) is 84.6 Å². The van der Waals surface area contributed by atoms with Crippen LogP contribution in [0.3, 0.4) is 0 Å². The molecule has 0 bridgehead atoms. The first-order valence-electron chi connectivity index (χ1n) is 6.67. The Balaban J connectivity index is 2.63. The minimum Gasteiger partial charge on any atom is -0.411 e. The zero-order chi connectivity index (χ0) is 18.1. The van der Waals surface area contributed by atoms with Gasteiger partial charge >= 0.3 is 6.18 Å². The van der Waals surface area contributed by atoms with Crippen LogP contribution in [0, 0.1) is 6.92 Å². The molecule has 6 nitrogen and oxygen atoms in total. The Labute approximate surface area is 136 Å². The summed E-state index contributed by atoms with van der Waals surface area (Å²) in [5.74, 6) is -0.497. The third-order valence-electron chi connectivity index (χ3n) is 3.39. The summed E-state index contributed by atoms with van der Waals surface area (Å²) in [5.41, 5.74) is -1.07. The van der Waals surface area contributed by atoms with Crippen molar-refractivity contribution in [1.29, 1.82) is 0 Å². The number of halogens is 3. The minimum atomic E-state index is -4.88. The van der Waals surface area contributed by atoms with E-state index in [1.807, 2.05) is 0 Å². The number of nitrogens with zero attached hydrogens (tertiary/aromatic N) is 3. The van der Waals surface area contributed by atoms with Gasteiger partial charge in [0.15, 0.2) is 20.6 Å². The van der Waals surface area contributed by atoms with Gasteiger partial charge in [-0.1, -0.05) is 29.4 Å². The lowest BCUT2D eigenvalue weighted by Gasteiger charge is -2.08. The highest BCUT2D eigenvalue weighted by atomic mass is 32.2. The van der Waals surface area contributed by atoms with Crippen molar-refractivity contribution in [3.63, 3.8) is 0 Å². The maximum absolute atomic E-state index is 13.0. The molecule has 0 radical (unpaired) electrons. The van der Waals surface area contributed by atoms with Crippen LogP contribution in [-0.2, 0) is 28.8 Å². The molecule has 0 aliphatic rings. The summed E-state index contributed by atoms with van der Waals surface area (Å²) in [5, 5.41) is 13.7. The molecule has 24 heavy (non-hydrogen) atoms. The van der Waals surface area contributed by atoms with E-state index in [0.717, 1.165) is 7.05 Å². The summed E-state index contributed by atoms with van der Waals surface area (Å²) in [6.07, 6.45) is -4.45. The van der Waals surface area contributed by atoms with Gasteiger partial charge in [-0.3, -0.25) is 4.68 Å². The Kier molecular flexibility index (Phi) is 4.70. The molecule has 0 aliphatic carbocycles. The molecular weight excluding hydrogens is 347 g/mol. The predicted octanol–water partition coefficient (Wildman–Crippen LogP) is 2.53. The van der Waals surface area contributed by atoms with Crippen molar-refractivity contribution in [2.45, 2.75) is 23.9 Å².